The second kappa shape index (κ2) is 11.4. The number of rotatable bonds is 5. The Kier molecular flexibility index (Phi) is 3.55. The van der Waals surface area contributed by atoms with Crippen LogP contribution in [0.5, 0.6) is 0 Å². The molecular weight excluding hydrogens is 613 g/mol. The highest BCUT2D eigenvalue weighted by molar-refractivity contribution is 6.15. The molecule has 3 aromatic heterocycles. The van der Waals surface area contributed by atoms with E-state index in [0.29, 0.717) is 11.1 Å². The molecule has 0 saturated carbocycles. The topological polar surface area (TPSA) is 56.7 Å². The molecule has 0 aliphatic rings. The zero-order valence-corrected chi connectivity index (χ0v) is 25.5. The van der Waals surface area contributed by atoms with E-state index in [0.717, 1.165) is 4.57 Å². The molecule has 0 saturated heterocycles. The zero-order chi connectivity index (χ0) is 48.7. The van der Waals surface area contributed by atoms with Gasteiger partial charge in [-0.25, -0.2) is 15.0 Å². The monoisotopic (exact) mass is 658 g/mol. The molecule has 10 rings (SSSR count). The fraction of sp³-hybridized carbons (Fsp3) is 0. The van der Waals surface area contributed by atoms with Crippen LogP contribution in [0.2, 0.25) is 0 Å². The Bertz CT molecular complexity index is 3760. The number of benzene rings is 7. The molecule has 0 spiro atoms. The largest absolute Gasteiger partial charge is 0.456 e. The van der Waals surface area contributed by atoms with Crippen LogP contribution in [-0.4, -0.2) is 19.5 Å². The van der Waals surface area contributed by atoms with Crippen LogP contribution in [0.3, 0.4) is 0 Å². The Balaban J connectivity index is 1.42. The van der Waals surface area contributed by atoms with Gasteiger partial charge in [0.05, 0.1) is 41.4 Å². The molecule has 0 N–H and O–H groups in total. The highest BCUT2D eigenvalue weighted by atomic mass is 16.3. The summed E-state index contributed by atoms with van der Waals surface area (Å²) in [6.45, 7) is 0. The zero-order valence-electron chi connectivity index (χ0n) is 43.5. The molecule has 7 aromatic carbocycles. The van der Waals surface area contributed by atoms with Crippen molar-refractivity contribution in [3.05, 3.63) is 169 Å². The van der Waals surface area contributed by atoms with E-state index < -0.39 is 159 Å². The minimum Gasteiger partial charge on any atom is -0.456 e. The number of hydrogen-bond acceptors (Lipinski definition) is 4. The molecule has 0 fully saturated rings. The van der Waals surface area contributed by atoms with E-state index >= 15 is 0 Å². The molecule has 234 valence electrons. The van der Waals surface area contributed by atoms with E-state index in [1.165, 1.54) is 0 Å². The Morgan fingerprint density at radius 3 is 1.68 bits per heavy atom. The summed E-state index contributed by atoms with van der Waals surface area (Å²) in [6, 6.07) is 3.56. The van der Waals surface area contributed by atoms with E-state index in [-0.39, 0.29) is 33.8 Å². The summed E-state index contributed by atoms with van der Waals surface area (Å²) in [7, 11) is 0. The van der Waals surface area contributed by atoms with Crippen LogP contribution in [0.25, 0.3) is 94.7 Å². The Morgan fingerprint density at radius 2 is 1.02 bits per heavy atom. The maximum Gasteiger partial charge on any atom is 0.164 e. The summed E-state index contributed by atoms with van der Waals surface area (Å²) < 4.78 is 170. The Hall–Kier alpha value is -6.85. The third-order valence-electron chi connectivity index (χ3n) is 8.17. The molecule has 0 unspecified atom stereocenters. The normalized spacial score (nSPS) is 16.6. The van der Waals surface area contributed by atoms with Gasteiger partial charge in [0.25, 0.3) is 0 Å². The number of aromatic nitrogens is 4. The van der Waals surface area contributed by atoms with E-state index in [4.69, 9.17) is 20.9 Å². The molecule has 0 amide bonds. The number of nitrogens with zero attached hydrogens (tertiary/aromatic N) is 4. The average Bonchev–Trinajstić information content (AvgIpc) is 3.92. The number of furan rings is 1. The molecule has 0 atom stereocenters. The molecule has 0 radical (unpaired) electrons. The predicted molar refractivity (Wildman–Crippen MR) is 203 cm³/mol. The molecule has 5 nitrogen and oxygen atoms in total. The van der Waals surface area contributed by atoms with Gasteiger partial charge >= 0.3 is 0 Å². The van der Waals surface area contributed by atoms with Crippen molar-refractivity contribution in [3.8, 4) is 51.0 Å². The van der Waals surface area contributed by atoms with E-state index in [1.54, 1.807) is 60.7 Å². The summed E-state index contributed by atoms with van der Waals surface area (Å²) in [6.07, 6.45) is 0. The molecular formula is C45H28N4O. The van der Waals surface area contributed by atoms with Gasteiger partial charge in [0, 0.05) is 43.8 Å². The van der Waals surface area contributed by atoms with Crippen molar-refractivity contribution in [2.75, 3.05) is 0 Å². The van der Waals surface area contributed by atoms with E-state index in [2.05, 4.69) is 15.0 Å². The highest BCUT2D eigenvalue weighted by Crippen LogP contribution is 2.42. The van der Waals surface area contributed by atoms with Gasteiger partial charge in [-0.3, -0.25) is 0 Å². The van der Waals surface area contributed by atoms with Crippen LogP contribution in [0.15, 0.2) is 174 Å². The average molecular weight is 659 g/mol. The van der Waals surface area contributed by atoms with Crippen LogP contribution in [0.4, 0.5) is 0 Å². The summed E-state index contributed by atoms with van der Waals surface area (Å²) in [4.78, 5) is 14.0. The standard InChI is InChI=1S/C45H28N4O/c1-3-14-29(15-4-1)43-46-44(30-16-5-2-6-17-30)48-45(47-43)31-26-27-40-36(28-31)42-35(21-13-25-41(42)50-40)34-20-9-12-24-39(34)49-37-22-10-7-18-32(37)33-19-8-11-23-38(33)49/h1-28H/i7D,8D,9D,10D,11D,12D,13D,18D,19D,20D,21D,22D,23D,24D,25D,26D,27D,28D. The highest BCUT2D eigenvalue weighted by Gasteiger charge is 2.20. The molecule has 0 aliphatic carbocycles. The smallest absolute Gasteiger partial charge is 0.164 e. The third kappa shape index (κ3) is 4.52. The molecule has 0 aliphatic heterocycles. The van der Waals surface area contributed by atoms with Gasteiger partial charge in [0.15, 0.2) is 17.5 Å². The first-order chi connectivity index (χ1) is 32.3. The molecule has 5 heteroatoms. The van der Waals surface area contributed by atoms with Crippen LogP contribution in [0, 0.1) is 0 Å². The second-order valence-electron chi connectivity index (χ2n) is 11.1. The Labute approximate surface area is 313 Å². The minimum atomic E-state index is -0.907. The maximum absolute atomic E-state index is 9.83. The summed E-state index contributed by atoms with van der Waals surface area (Å²) in [5, 5.41) is -1.56. The maximum atomic E-state index is 9.83. The lowest BCUT2D eigenvalue weighted by Crippen LogP contribution is -2.00. The van der Waals surface area contributed by atoms with Crippen molar-refractivity contribution in [2.45, 2.75) is 0 Å². The van der Waals surface area contributed by atoms with Crippen molar-refractivity contribution in [3.63, 3.8) is 0 Å². The van der Waals surface area contributed by atoms with Gasteiger partial charge in [-0.1, -0.05) is 127 Å². The summed E-state index contributed by atoms with van der Waals surface area (Å²) >= 11 is 0. The summed E-state index contributed by atoms with van der Waals surface area (Å²) in [5.41, 5.74) is -3.16. The van der Waals surface area contributed by atoms with E-state index in [1.807, 2.05) is 0 Å². The van der Waals surface area contributed by atoms with Crippen molar-refractivity contribution in [2.24, 2.45) is 0 Å². The quantitative estimate of drug-likeness (QED) is 0.185. The number of para-hydroxylation sites is 3. The van der Waals surface area contributed by atoms with Gasteiger partial charge in [0.1, 0.15) is 11.2 Å². The van der Waals surface area contributed by atoms with E-state index in [9.17, 15) is 8.22 Å². The van der Waals surface area contributed by atoms with Gasteiger partial charge < -0.3 is 8.98 Å². The lowest BCUT2D eigenvalue weighted by Gasteiger charge is -2.15. The number of hydrogen-bond donors (Lipinski definition) is 0. The van der Waals surface area contributed by atoms with Gasteiger partial charge in [-0.2, -0.15) is 0 Å². The van der Waals surface area contributed by atoms with Crippen molar-refractivity contribution < 1.29 is 29.1 Å². The lowest BCUT2D eigenvalue weighted by molar-refractivity contribution is 0.669. The van der Waals surface area contributed by atoms with Crippen molar-refractivity contribution in [1.82, 2.24) is 19.5 Å². The summed E-state index contributed by atoms with van der Waals surface area (Å²) in [5.74, 6) is 0.0555. The lowest BCUT2D eigenvalue weighted by atomic mass is 9.97. The minimum absolute atomic E-state index is 0.144. The molecule has 10 aromatic rings. The third-order valence-corrected chi connectivity index (χ3v) is 8.17. The first-order valence-corrected chi connectivity index (χ1v) is 15.2. The molecule has 50 heavy (non-hydrogen) atoms. The first kappa shape index (κ1) is 15.6. The van der Waals surface area contributed by atoms with Gasteiger partial charge in [0.2, 0.25) is 0 Å². The van der Waals surface area contributed by atoms with Crippen molar-refractivity contribution in [1.29, 1.82) is 0 Å². The Morgan fingerprint density at radius 1 is 0.460 bits per heavy atom. The fourth-order valence-corrected chi connectivity index (χ4v) is 5.97. The molecule has 0 bridgehead atoms. The van der Waals surface area contributed by atoms with Crippen LogP contribution in [-0.2, 0) is 0 Å². The fourth-order valence-electron chi connectivity index (χ4n) is 5.97. The van der Waals surface area contributed by atoms with Gasteiger partial charge in [-0.15, -0.1) is 0 Å². The first-order valence-electron chi connectivity index (χ1n) is 24.2. The molecule has 3 heterocycles. The predicted octanol–water partition coefficient (Wildman–Crippen LogP) is 11.5. The number of fused-ring (bicyclic) bond motifs is 6. The van der Waals surface area contributed by atoms with Crippen LogP contribution < -0.4 is 0 Å². The van der Waals surface area contributed by atoms with Crippen molar-refractivity contribution >= 4 is 43.7 Å². The van der Waals surface area contributed by atoms with Crippen LogP contribution >= 0.6 is 0 Å². The van der Waals surface area contributed by atoms with Crippen LogP contribution in [0.1, 0.15) is 24.7 Å². The SMILES string of the molecule is [2H]c1c([2H])c([2H])c(-n2c3c([2H])c([2H])c([2H])c([2H])c3c3c([2H])c([2H])c([2H])c([2H])c32)c(-c2c([2H])c([2H])c([2H])c3oc4c([2H])c([2H])c(-c5nc(-c6ccccc6)nc(-c6ccccc6)n5)c([2H])c4c23)c1[2H]. The second-order valence-corrected chi connectivity index (χ2v) is 11.1. The van der Waals surface area contributed by atoms with Gasteiger partial charge in [-0.05, 0) is 47.9 Å².